The zero-order valence-corrected chi connectivity index (χ0v) is 14.0. The first-order valence-electron chi connectivity index (χ1n) is 7.27. The second-order valence-electron chi connectivity index (χ2n) is 6.07. The van der Waals surface area contributed by atoms with Gasteiger partial charge >= 0.3 is 12.0 Å². The first-order chi connectivity index (χ1) is 11.1. The molecular weight excluding hydrogens is 319 g/mol. The van der Waals surface area contributed by atoms with Crippen LogP contribution in [0, 0.1) is 5.82 Å². The van der Waals surface area contributed by atoms with E-state index in [4.69, 9.17) is 9.47 Å². The van der Waals surface area contributed by atoms with Crippen LogP contribution in [0.2, 0.25) is 0 Å². The molecule has 0 aliphatic heterocycles. The van der Waals surface area contributed by atoms with Gasteiger partial charge in [0.1, 0.15) is 11.6 Å². The maximum atomic E-state index is 12.7. The molecule has 2 N–H and O–H groups in total. The summed E-state index contributed by atoms with van der Waals surface area (Å²) in [6, 6.07) is 4.40. The van der Waals surface area contributed by atoms with E-state index in [1.54, 1.807) is 20.8 Å². The molecule has 132 valence electrons. The van der Waals surface area contributed by atoms with E-state index in [0.717, 1.165) is 0 Å². The standard InChI is InChI=1S/C16H21FN2O5/c1-10(14(21)18-15(22)19-16(2,3)4)24-13(20)9-23-12-7-5-11(17)6-8-12/h5-8,10H,9H2,1-4H3,(H2,18,19,21,22)/t10-/m1/s1. The highest BCUT2D eigenvalue weighted by atomic mass is 19.1. The summed E-state index contributed by atoms with van der Waals surface area (Å²) < 4.78 is 22.7. The van der Waals surface area contributed by atoms with Crippen molar-refractivity contribution in [1.29, 1.82) is 0 Å². The Bertz CT molecular complexity index is 595. The average Bonchev–Trinajstić information content (AvgIpc) is 2.44. The van der Waals surface area contributed by atoms with Gasteiger partial charge in [-0.1, -0.05) is 0 Å². The first kappa shape index (κ1) is 19.4. The lowest BCUT2D eigenvalue weighted by Gasteiger charge is -2.21. The lowest BCUT2D eigenvalue weighted by Crippen LogP contribution is -2.50. The summed E-state index contributed by atoms with van der Waals surface area (Å²) in [7, 11) is 0. The van der Waals surface area contributed by atoms with E-state index in [-0.39, 0.29) is 5.75 Å². The number of carbonyl (C=O) groups excluding carboxylic acids is 3. The number of amides is 3. The molecule has 24 heavy (non-hydrogen) atoms. The van der Waals surface area contributed by atoms with Gasteiger partial charge in [-0.05, 0) is 52.0 Å². The number of carbonyl (C=O) groups is 3. The number of hydrogen-bond donors (Lipinski definition) is 2. The Morgan fingerprint density at radius 3 is 2.29 bits per heavy atom. The Balaban J connectivity index is 2.38. The maximum absolute atomic E-state index is 12.7. The third-order valence-corrected chi connectivity index (χ3v) is 2.57. The van der Waals surface area contributed by atoms with Gasteiger partial charge in [-0.25, -0.2) is 14.0 Å². The number of imide groups is 1. The van der Waals surface area contributed by atoms with Crippen LogP contribution in [0.15, 0.2) is 24.3 Å². The molecule has 0 bridgehead atoms. The van der Waals surface area contributed by atoms with Crippen molar-refractivity contribution in [2.75, 3.05) is 6.61 Å². The van der Waals surface area contributed by atoms with Crippen molar-refractivity contribution in [3.8, 4) is 5.75 Å². The van der Waals surface area contributed by atoms with Crippen molar-refractivity contribution < 1.29 is 28.2 Å². The molecule has 0 heterocycles. The third kappa shape index (κ3) is 7.57. The predicted octanol–water partition coefficient (Wildman–Crippen LogP) is 1.76. The van der Waals surface area contributed by atoms with E-state index < -0.39 is 42.0 Å². The van der Waals surface area contributed by atoms with Crippen LogP contribution < -0.4 is 15.4 Å². The van der Waals surface area contributed by atoms with Gasteiger partial charge in [0.2, 0.25) is 0 Å². The van der Waals surface area contributed by atoms with Crippen molar-refractivity contribution in [3.63, 3.8) is 0 Å². The number of esters is 1. The van der Waals surface area contributed by atoms with E-state index in [1.165, 1.54) is 31.2 Å². The number of benzene rings is 1. The minimum Gasteiger partial charge on any atom is -0.482 e. The van der Waals surface area contributed by atoms with Crippen molar-refractivity contribution in [3.05, 3.63) is 30.1 Å². The predicted molar refractivity (Wildman–Crippen MR) is 83.9 cm³/mol. The van der Waals surface area contributed by atoms with Crippen molar-refractivity contribution in [2.24, 2.45) is 0 Å². The van der Waals surface area contributed by atoms with Crippen LogP contribution in [-0.2, 0) is 14.3 Å². The summed E-state index contributed by atoms with van der Waals surface area (Å²) in [6.45, 7) is 6.15. The molecule has 0 saturated heterocycles. The fourth-order valence-corrected chi connectivity index (χ4v) is 1.54. The SMILES string of the molecule is C[C@@H](OC(=O)COc1ccc(F)cc1)C(=O)NC(=O)NC(C)(C)C. The first-order valence-corrected chi connectivity index (χ1v) is 7.27. The number of hydrogen-bond acceptors (Lipinski definition) is 5. The molecule has 0 saturated carbocycles. The summed E-state index contributed by atoms with van der Waals surface area (Å²) >= 11 is 0. The molecule has 1 atom stereocenters. The Hall–Kier alpha value is -2.64. The van der Waals surface area contributed by atoms with E-state index in [2.05, 4.69) is 10.6 Å². The number of halogens is 1. The largest absolute Gasteiger partial charge is 0.482 e. The summed E-state index contributed by atoms with van der Waals surface area (Å²) in [6.07, 6.45) is -1.17. The molecule has 1 aromatic rings. The summed E-state index contributed by atoms with van der Waals surface area (Å²) in [5.74, 6) is -1.69. The minimum atomic E-state index is -1.17. The summed E-state index contributed by atoms with van der Waals surface area (Å²) in [5.41, 5.74) is -0.507. The third-order valence-electron chi connectivity index (χ3n) is 2.57. The fourth-order valence-electron chi connectivity index (χ4n) is 1.54. The number of nitrogens with one attached hydrogen (secondary N) is 2. The van der Waals surface area contributed by atoms with Gasteiger partial charge < -0.3 is 14.8 Å². The number of urea groups is 1. The quantitative estimate of drug-likeness (QED) is 0.797. The molecule has 1 aromatic carbocycles. The van der Waals surface area contributed by atoms with Crippen LogP contribution in [-0.4, -0.2) is 36.2 Å². The number of ether oxygens (including phenoxy) is 2. The Morgan fingerprint density at radius 2 is 1.75 bits per heavy atom. The molecular formula is C16H21FN2O5. The Morgan fingerprint density at radius 1 is 1.17 bits per heavy atom. The average molecular weight is 340 g/mol. The van der Waals surface area contributed by atoms with Crippen LogP contribution in [0.1, 0.15) is 27.7 Å². The molecule has 0 radical (unpaired) electrons. The summed E-state index contributed by atoms with van der Waals surface area (Å²) in [4.78, 5) is 34.9. The monoisotopic (exact) mass is 340 g/mol. The van der Waals surface area contributed by atoms with Crippen molar-refractivity contribution >= 4 is 17.9 Å². The van der Waals surface area contributed by atoms with Gasteiger partial charge in [-0.15, -0.1) is 0 Å². The highest BCUT2D eigenvalue weighted by Crippen LogP contribution is 2.11. The molecule has 0 spiro atoms. The molecule has 1 rings (SSSR count). The lowest BCUT2D eigenvalue weighted by atomic mass is 10.1. The fraction of sp³-hybridized carbons (Fsp3) is 0.438. The number of rotatable bonds is 5. The summed E-state index contributed by atoms with van der Waals surface area (Å²) in [5, 5.41) is 4.62. The smallest absolute Gasteiger partial charge is 0.344 e. The normalized spacial score (nSPS) is 12.0. The molecule has 0 aliphatic carbocycles. The van der Waals surface area contributed by atoms with Gasteiger partial charge in [0, 0.05) is 5.54 Å². The zero-order valence-electron chi connectivity index (χ0n) is 14.0. The zero-order chi connectivity index (χ0) is 18.3. The van der Waals surface area contributed by atoms with Crippen LogP contribution in [0.25, 0.3) is 0 Å². The molecule has 0 aliphatic rings. The van der Waals surface area contributed by atoms with E-state index in [1.807, 2.05) is 0 Å². The Labute approximate surface area is 139 Å². The van der Waals surface area contributed by atoms with Crippen LogP contribution >= 0.6 is 0 Å². The van der Waals surface area contributed by atoms with Crippen molar-refractivity contribution in [1.82, 2.24) is 10.6 Å². The van der Waals surface area contributed by atoms with E-state index >= 15 is 0 Å². The van der Waals surface area contributed by atoms with Crippen LogP contribution in [0.3, 0.4) is 0 Å². The minimum absolute atomic E-state index is 0.287. The van der Waals surface area contributed by atoms with E-state index in [0.29, 0.717) is 0 Å². The molecule has 0 unspecified atom stereocenters. The van der Waals surface area contributed by atoms with Gasteiger partial charge in [0.15, 0.2) is 12.7 Å². The van der Waals surface area contributed by atoms with Gasteiger partial charge in [-0.2, -0.15) is 0 Å². The molecule has 3 amide bonds. The maximum Gasteiger partial charge on any atom is 0.344 e. The Kier molecular flexibility index (Phi) is 6.69. The van der Waals surface area contributed by atoms with Gasteiger partial charge in [0.05, 0.1) is 0 Å². The molecule has 0 aromatic heterocycles. The second-order valence-corrected chi connectivity index (χ2v) is 6.07. The van der Waals surface area contributed by atoms with Crippen LogP contribution in [0.5, 0.6) is 5.75 Å². The van der Waals surface area contributed by atoms with Crippen molar-refractivity contribution in [2.45, 2.75) is 39.3 Å². The molecule has 0 fully saturated rings. The van der Waals surface area contributed by atoms with Crippen LogP contribution in [0.4, 0.5) is 9.18 Å². The topological polar surface area (TPSA) is 93.7 Å². The molecule has 8 heteroatoms. The highest BCUT2D eigenvalue weighted by Gasteiger charge is 2.22. The van der Waals surface area contributed by atoms with Gasteiger partial charge in [0.25, 0.3) is 5.91 Å². The van der Waals surface area contributed by atoms with Gasteiger partial charge in [-0.3, -0.25) is 10.1 Å². The highest BCUT2D eigenvalue weighted by molar-refractivity contribution is 5.97. The second kappa shape index (κ2) is 8.28. The lowest BCUT2D eigenvalue weighted by molar-refractivity contribution is -0.156. The molecule has 7 nitrogen and oxygen atoms in total. The van der Waals surface area contributed by atoms with E-state index in [9.17, 15) is 18.8 Å².